The number of benzene rings is 1. The largest absolute Gasteiger partial charge is 0.398 e. The number of carbonyl (C=O) groups excluding carboxylic acids is 2. The van der Waals surface area contributed by atoms with Gasteiger partial charge in [0.05, 0.1) is 21.5 Å². The van der Waals surface area contributed by atoms with Gasteiger partial charge in [-0.05, 0) is 25.1 Å². The molecule has 0 aromatic heterocycles. The van der Waals surface area contributed by atoms with Gasteiger partial charge in [-0.1, -0.05) is 11.6 Å². The molecular weight excluding hydrogens is 290 g/mol. The highest BCUT2D eigenvalue weighted by atomic mass is 35.5. The van der Waals surface area contributed by atoms with Crippen molar-refractivity contribution in [3.63, 3.8) is 0 Å². The Labute approximate surface area is 118 Å². The number of rotatable bonds is 3. The van der Waals surface area contributed by atoms with Crippen molar-refractivity contribution in [2.24, 2.45) is 0 Å². The van der Waals surface area contributed by atoms with Crippen LogP contribution in [0.15, 0.2) is 23.1 Å². The van der Waals surface area contributed by atoms with E-state index >= 15 is 0 Å². The van der Waals surface area contributed by atoms with Crippen LogP contribution in [0.1, 0.15) is 6.92 Å². The van der Waals surface area contributed by atoms with Crippen molar-refractivity contribution >= 4 is 40.0 Å². The first-order chi connectivity index (χ1) is 8.86. The van der Waals surface area contributed by atoms with E-state index < -0.39 is 28.0 Å². The van der Waals surface area contributed by atoms with Crippen LogP contribution in [-0.2, 0) is 15.6 Å². The summed E-state index contributed by atoms with van der Waals surface area (Å²) in [5.74, 6) is -0.634. The van der Waals surface area contributed by atoms with Crippen LogP contribution in [-0.4, -0.2) is 28.4 Å². The summed E-state index contributed by atoms with van der Waals surface area (Å²) < 4.78 is 12.1. The molecule has 8 heteroatoms. The number of anilines is 1. The van der Waals surface area contributed by atoms with Gasteiger partial charge in [-0.3, -0.25) is 14.3 Å². The Balaban J connectivity index is 2.84. The third kappa shape index (κ3) is 3.93. The Bertz CT molecular complexity index is 536. The van der Waals surface area contributed by atoms with Gasteiger partial charge in [-0.15, -0.1) is 0 Å². The van der Waals surface area contributed by atoms with E-state index in [4.69, 9.17) is 17.3 Å². The summed E-state index contributed by atoms with van der Waals surface area (Å²) >= 11 is 5.82. The molecule has 2 unspecified atom stereocenters. The van der Waals surface area contributed by atoms with E-state index in [-0.39, 0.29) is 5.02 Å². The summed E-state index contributed by atoms with van der Waals surface area (Å²) in [6, 6.07) is 3.83. The molecule has 0 spiro atoms. The summed E-state index contributed by atoms with van der Waals surface area (Å²) in [4.78, 5) is 23.0. The summed E-state index contributed by atoms with van der Waals surface area (Å²) in [5.41, 5.74) is 5.91. The minimum atomic E-state index is -1.63. The monoisotopic (exact) mass is 303 g/mol. The van der Waals surface area contributed by atoms with Crippen LogP contribution in [0.4, 0.5) is 10.5 Å². The fourth-order valence-corrected chi connectivity index (χ4v) is 2.55. The first-order valence-corrected chi connectivity index (χ1v) is 6.94. The Morgan fingerprint density at radius 1 is 1.42 bits per heavy atom. The molecule has 0 saturated carbocycles. The van der Waals surface area contributed by atoms with Gasteiger partial charge in [0.25, 0.3) is 0 Å². The van der Waals surface area contributed by atoms with Crippen LogP contribution in [0, 0.1) is 0 Å². The van der Waals surface area contributed by atoms with Gasteiger partial charge in [0.2, 0.25) is 5.91 Å². The van der Waals surface area contributed by atoms with Gasteiger partial charge in [0.15, 0.2) is 0 Å². The average molecular weight is 304 g/mol. The van der Waals surface area contributed by atoms with Gasteiger partial charge < -0.3 is 11.1 Å². The molecule has 3 amide bonds. The number of nitrogens with one attached hydrogen (secondary N) is 2. The SMILES string of the molecule is CNC(=O)NC(=O)C(C)S(=O)c1ccc(N)c(Cl)c1. The second-order valence-electron chi connectivity index (χ2n) is 3.69. The quantitative estimate of drug-likeness (QED) is 0.721. The van der Waals surface area contributed by atoms with Gasteiger partial charge in [0, 0.05) is 11.9 Å². The number of hydrogen-bond donors (Lipinski definition) is 3. The third-order valence-electron chi connectivity index (χ3n) is 2.36. The van der Waals surface area contributed by atoms with Crippen molar-refractivity contribution < 1.29 is 13.8 Å². The lowest BCUT2D eigenvalue weighted by atomic mass is 10.3. The fourth-order valence-electron chi connectivity index (χ4n) is 1.21. The van der Waals surface area contributed by atoms with Crippen LogP contribution in [0.25, 0.3) is 0 Å². The van der Waals surface area contributed by atoms with Gasteiger partial charge >= 0.3 is 6.03 Å². The summed E-state index contributed by atoms with van der Waals surface area (Å²) in [5, 5.41) is 3.68. The van der Waals surface area contributed by atoms with E-state index in [0.717, 1.165) is 0 Å². The molecule has 1 aromatic carbocycles. The van der Waals surface area contributed by atoms with Crippen LogP contribution < -0.4 is 16.4 Å². The maximum Gasteiger partial charge on any atom is 0.321 e. The van der Waals surface area contributed by atoms with E-state index in [1.807, 2.05) is 0 Å². The Hall–Kier alpha value is -1.60. The van der Waals surface area contributed by atoms with E-state index in [1.165, 1.54) is 32.2 Å². The number of nitrogen functional groups attached to an aromatic ring is 1. The molecule has 19 heavy (non-hydrogen) atoms. The number of halogens is 1. The molecule has 0 saturated heterocycles. The van der Waals surface area contributed by atoms with E-state index in [0.29, 0.717) is 10.6 Å². The van der Waals surface area contributed by atoms with Crippen molar-refractivity contribution in [2.75, 3.05) is 12.8 Å². The molecule has 1 rings (SSSR count). The zero-order chi connectivity index (χ0) is 14.6. The second kappa shape index (κ2) is 6.53. The van der Waals surface area contributed by atoms with Crippen molar-refractivity contribution in [1.29, 1.82) is 0 Å². The second-order valence-corrected chi connectivity index (χ2v) is 5.87. The highest BCUT2D eigenvalue weighted by Gasteiger charge is 2.23. The maximum absolute atomic E-state index is 12.1. The molecule has 6 nitrogen and oxygen atoms in total. The molecule has 0 aliphatic carbocycles. The summed E-state index contributed by atoms with van der Waals surface area (Å²) in [6.45, 7) is 1.46. The first-order valence-electron chi connectivity index (χ1n) is 5.35. The Kier molecular flexibility index (Phi) is 5.31. The van der Waals surface area contributed by atoms with E-state index in [1.54, 1.807) is 0 Å². The molecule has 2 atom stereocenters. The molecular formula is C11H14ClN3O3S. The molecule has 0 bridgehead atoms. The predicted octanol–water partition coefficient (Wildman–Crippen LogP) is 0.874. The van der Waals surface area contributed by atoms with E-state index in [2.05, 4.69) is 10.6 Å². The van der Waals surface area contributed by atoms with Gasteiger partial charge in [0.1, 0.15) is 5.25 Å². The summed E-state index contributed by atoms with van der Waals surface area (Å²) in [6.07, 6.45) is 0. The molecule has 4 N–H and O–H groups in total. The van der Waals surface area contributed by atoms with Crippen molar-refractivity contribution in [3.8, 4) is 0 Å². The van der Waals surface area contributed by atoms with Crippen LogP contribution in [0.5, 0.6) is 0 Å². The summed E-state index contributed by atoms with van der Waals surface area (Å²) in [7, 11) is -0.248. The van der Waals surface area contributed by atoms with Crippen LogP contribution >= 0.6 is 11.6 Å². The highest BCUT2D eigenvalue weighted by molar-refractivity contribution is 7.86. The van der Waals surface area contributed by atoms with Gasteiger partial charge in [-0.2, -0.15) is 0 Å². The predicted molar refractivity (Wildman–Crippen MR) is 74.3 cm³/mol. The van der Waals surface area contributed by atoms with Gasteiger partial charge in [-0.25, -0.2) is 4.79 Å². The molecule has 0 heterocycles. The number of hydrogen-bond acceptors (Lipinski definition) is 4. The highest BCUT2D eigenvalue weighted by Crippen LogP contribution is 2.22. The van der Waals surface area contributed by atoms with Crippen LogP contribution in [0.2, 0.25) is 5.02 Å². The molecule has 1 aromatic rings. The number of nitrogens with two attached hydrogens (primary N) is 1. The number of imide groups is 1. The molecule has 0 fully saturated rings. The van der Waals surface area contributed by atoms with Crippen LogP contribution in [0.3, 0.4) is 0 Å². The standard InChI is InChI=1S/C11H14ClN3O3S/c1-6(10(16)15-11(17)14-2)19(18)7-3-4-9(13)8(12)5-7/h3-6H,13H2,1-2H3,(H2,14,15,16,17). The lowest BCUT2D eigenvalue weighted by Crippen LogP contribution is -2.43. The smallest absolute Gasteiger partial charge is 0.321 e. The third-order valence-corrected chi connectivity index (χ3v) is 4.26. The Morgan fingerprint density at radius 3 is 2.58 bits per heavy atom. The topological polar surface area (TPSA) is 101 Å². The molecule has 104 valence electrons. The van der Waals surface area contributed by atoms with Crippen molar-refractivity contribution in [3.05, 3.63) is 23.2 Å². The average Bonchev–Trinajstić information content (AvgIpc) is 2.39. The lowest BCUT2D eigenvalue weighted by Gasteiger charge is -2.11. The zero-order valence-electron chi connectivity index (χ0n) is 10.4. The van der Waals surface area contributed by atoms with E-state index in [9.17, 15) is 13.8 Å². The molecule has 0 aliphatic rings. The minimum Gasteiger partial charge on any atom is -0.398 e. The van der Waals surface area contributed by atoms with Crippen molar-refractivity contribution in [2.45, 2.75) is 17.1 Å². The zero-order valence-corrected chi connectivity index (χ0v) is 12.0. The maximum atomic E-state index is 12.1. The first kappa shape index (κ1) is 15.5. The normalized spacial score (nSPS) is 13.4. The lowest BCUT2D eigenvalue weighted by molar-refractivity contribution is -0.119. The number of amides is 3. The molecule has 0 radical (unpaired) electrons. The minimum absolute atomic E-state index is 0.268. The number of carbonyl (C=O) groups is 2. The fraction of sp³-hybridized carbons (Fsp3) is 0.273. The molecule has 0 aliphatic heterocycles. The Morgan fingerprint density at radius 2 is 2.05 bits per heavy atom. The number of urea groups is 1. The van der Waals surface area contributed by atoms with Crippen molar-refractivity contribution in [1.82, 2.24) is 10.6 Å².